The van der Waals surface area contributed by atoms with Crippen LogP contribution >= 0.6 is 0 Å². The average molecular weight is 720 g/mol. The van der Waals surface area contributed by atoms with E-state index in [1.807, 2.05) is 0 Å². The number of hydrogen-bond donors (Lipinski definition) is 1. The predicted octanol–water partition coefficient (Wildman–Crippen LogP) is 12.6. The Morgan fingerprint density at radius 3 is 1.82 bits per heavy atom. The Bertz CT molecular complexity index is 2900. The largest absolute Gasteiger partial charge is 0.355 e. The van der Waals surface area contributed by atoms with Crippen LogP contribution in [0.1, 0.15) is 29.0 Å². The fourth-order valence-corrected chi connectivity index (χ4v) is 8.48. The molecule has 2 aliphatic heterocycles. The van der Waals surface area contributed by atoms with Crippen molar-refractivity contribution in [2.24, 2.45) is 4.99 Å². The molecule has 266 valence electrons. The standard InChI is InChI=1S/C51H37N5/c1-5-17-35(18-6-1)44-33-45-43-29-13-14-30-47(43)54(42-27-11-4-12-28-42)48(45)34-46(44)52-41-26-16-24-39(32-41)38-23-15-25-40(31-38)51-55-49(36-19-7-2-8-20-36)53-50(56(51)55)37-21-9-3-10-22-37/h1-34,49,51-52H. The normalized spacial score (nSPS) is 17.2. The van der Waals surface area contributed by atoms with Gasteiger partial charge in [-0.25, -0.2) is 4.99 Å². The molecule has 0 bridgehead atoms. The maximum Gasteiger partial charge on any atom is 0.150 e. The van der Waals surface area contributed by atoms with Crippen LogP contribution in [0.5, 0.6) is 0 Å². The summed E-state index contributed by atoms with van der Waals surface area (Å²) >= 11 is 0. The Morgan fingerprint density at radius 2 is 1.05 bits per heavy atom. The molecule has 1 N–H and O–H groups in total. The lowest BCUT2D eigenvalue weighted by Crippen LogP contribution is -2.11. The molecule has 0 spiro atoms. The number of hydrazine groups is 1. The maximum absolute atomic E-state index is 5.21. The third kappa shape index (κ3) is 5.48. The summed E-state index contributed by atoms with van der Waals surface area (Å²) in [6, 6.07) is 73.6. The molecule has 3 unspecified atom stereocenters. The van der Waals surface area contributed by atoms with E-state index in [0.29, 0.717) is 0 Å². The van der Waals surface area contributed by atoms with Gasteiger partial charge in [0.15, 0.2) is 0 Å². The van der Waals surface area contributed by atoms with Crippen LogP contribution in [0.3, 0.4) is 0 Å². The number of para-hydroxylation sites is 2. The SMILES string of the molecule is c1ccc(C2=NC(c3ccccc3)N3C(c4cccc(-c5cccc(Nc6cc7c(cc6-c6ccccc6)c6ccccc6n7-c6ccccc6)c5)c4)N23)cc1. The predicted molar refractivity (Wildman–Crippen MR) is 230 cm³/mol. The van der Waals surface area contributed by atoms with Crippen molar-refractivity contribution in [2.75, 3.05) is 5.32 Å². The highest BCUT2D eigenvalue weighted by atomic mass is 15.9. The van der Waals surface area contributed by atoms with E-state index in [9.17, 15) is 0 Å². The molecule has 0 saturated carbocycles. The lowest BCUT2D eigenvalue weighted by Gasteiger charge is -2.16. The number of amidine groups is 1. The third-order valence-electron chi connectivity index (χ3n) is 11.1. The molecule has 1 saturated heterocycles. The van der Waals surface area contributed by atoms with Gasteiger partial charge in [0, 0.05) is 39.0 Å². The number of aliphatic imine (C=N–C) groups is 1. The van der Waals surface area contributed by atoms with E-state index in [1.165, 1.54) is 38.5 Å². The highest BCUT2D eigenvalue weighted by Gasteiger charge is 2.57. The van der Waals surface area contributed by atoms with Crippen molar-refractivity contribution in [1.29, 1.82) is 0 Å². The van der Waals surface area contributed by atoms with Crippen LogP contribution in [-0.2, 0) is 0 Å². The molecule has 56 heavy (non-hydrogen) atoms. The second kappa shape index (κ2) is 13.3. The zero-order valence-corrected chi connectivity index (χ0v) is 30.6. The Morgan fingerprint density at radius 1 is 0.446 bits per heavy atom. The van der Waals surface area contributed by atoms with Crippen LogP contribution < -0.4 is 5.32 Å². The van der Waals surface area contributed by atoms with Crippen molar-refractivity contribution >= 4 is 39.0 Å². The van der Waals surface area contributed by atoms with E-state index < -0.39 is 0 Å². The van der Waals surface area contributed by atoms with Crippen LogP contribution in [0, 0.1) is 0 Å². The number of anilines is 2. The van der Waals surface area contributed by atoms with Gasteiger partial charge in [-0.05, 0) is 76.3 Å². The minimum atomic E-state index is -0.0654. The average Bonchev–Trinajstić information content (AvgIpc) is 3.74. The van der Waals surface area contributed by atoms with Crippen molar-refractivity contribution < 1.29 is 0 Å². The van der Waals surface area contributed by atoms with Gasteiger partial charge in [-0.2, -0.15) is 5.01 Å². The number of nitrogens with zero attached hydrogens (tertiary/aromatic N) is 4. The van der Waals surface area contributed by atoms with Gasteiger partial charge >= 0.3 is 0 Å². The van der Waals surface area contributed by atoms with Gasteiger partial charge in [0.05, 0.1) is 11.0 Å². The quantitative estimate of drug-likeness (QED) is 0.159. The molecule has 5 heteroatoms. The summed E-state index contributed by atoms with van der Waals surface area (Å²) in [5.41, 5.74) is 13.8. The third-order valence-corrected chi connectivity index (χ3v) is 11.1. The molecular weight excluding hydrogens is 683 g/mol. The molecule has 0 amide bonds. The molecule has 0 radical (unpaired) electrons. The van der Waals surface area contributed by atoms with Crippen molar-refractivity contribution in [2.45, 2.75) is 12.3 Å². The van der Waals surface area contributed by atoms with Gasteiger partial charge in [-0.1, -0.05) is 158 Å². The fourth-order valence-electron chi connectivity index (χ4n) is 8.48. The summed E-state index contributed by atoms with van der Waals surface area (Å²) in [5.74, 6) is 1.01. The van der Waals surface area contributed by atoms with Gasteiger partial charge < -0.3 is 9.88 Å². The molecule has 1 aromatic heterocycles. The highest BCUT2D eigenvalue weighted by molar-refractivity contribution is 6.12. The van der Waals surface area contributed by atoms with Crippen LogP contribution in [0.4, 0.5) is 11.4 Å². The van der Waals surface area contributed by atoms with E-state index in [2.05, 4.69) is 226 Å². The van der Waals surface area contributed by atoms with Crippen molar-refractivity contribution in [3.63, 3.8) is 0 Å². The first-order valence-corrected chi connectivity index (χ1v) is 19.2. The molecule has 8 aromatic carbocycles. The van der Waals surface area contributed by atoms with E-state index in [-0.39, 0.29) is 12.3 Å². The molecule has 0 aliphatic carbocycles. The van der Waals surface area contributed by atoms with Crippen molar-refractivity contribution in [3.8, 4) is 27.9 Å². The summed E-state index contributed by atoms with van der Waals surface area (Å²) in [7, 11) is 0. The van der Waals surface area contributed by atoms with Gasteiger partial charge in [0.25, 0.3) is 0 Å². The summed E-state index contributed by atoms with van der Waals surface area (Å²) in [4.78, 5) is 5.21. The first kappa shape index (κ1) is 32.2. The number of rotatable bonds is 8. The topological polar surface area (TPSA) is 35.3 Å². The van der Waals surface area contributed by atoms with Crippen LogP contribution in [0.2, 0.25) is 0 Å². The van der Waals surface area contributed by atoms with E-state index in [4.69, 9.17) is 4.99 Å². The van der Waals surface area contributed by atoms with Gasteiger partial charge in [0.2, 0.25) is 0 Å². The summed E-state index contributed by atoms with van der Waals surface area (Å²) in [6.07, 6.45) is 0.0371. The van der Waals surface area contributed by atoms with Crippen LogP contribution in [0.25, 0.3) is 49.7 Å². The Hall–Kier alpha value is -7.21. The van der Waals surface area contributed by atoms with Gasteiger partial charge in [-0.15, -0.1) is 0 Å². The second-order valence-corrected chi connectivity index (χ2v) is 14.5. The van der Waals surface area contributed by atoms with E-state index in [0.717, 1.165) is 45.1 Å². The zero-order chi connectivity index (χ0) is 37.0. The summed E-state index contributed by atoms with van der Waals surface area (Å²) < 4.78 is 2.38. The molecule has 3 heterocycles. The van der Waals surface area contributed by atoms with Crippen LogP contribution in [0.15, 0.2) is 211 Å². The summed E-state index contributed by atoms with van der Waals surface area (Å²) in [6.45, 7) is 0. The fraction of sp³-hybridized carbons (Fsp3) is 0.0392. The van der Waals surface area contributed by atoms with E-state index >= 15 is 0 Å². The number of fused-ring (bicyclic) bond motifs is 4. The van der Waals surface area contributed by atoms with Crippen LogP contribution in [-0.4, -0.2) is 20.4 Å². The number of hydrogen-bond acceptors (Lipinski definition) is 4. The van der Waals surface area contributed by atoms with Gasteiger partial charge in [-0.3, -0.25) is 5.01 Å². The number of nitrogens with one attached hydrogen (secondary N) is 1. The Balaban J connectivity index is 0.969. The lowest BCUT2D eigenvalue weighted by molar-refractivity contribution is 0.341. The molecule has 11 rings (SSSR count). The summed E-state index contributed by atoms with van der Waals surface area (Å²) in [5, 5.41) is 11.1. The minimum absolute atomic E-state index is 0.0654. The first-order chi connectivity index (χ1) is 27.8. The highest BCUT2D eigenvalue weighted by Crippen LogP contribution is 2.54. The molecule has 5 nitrogen and oxygen atoms in total. The maximum atomic E-state index is 5.21. The zero-order valence-electron chi connectivity index (χ0n) is 30.6. The molecule has 3 atom stereocenters. The molecule has 2 aliphatic rings. The molecule has 1 fully saturated rings. The van der Waals surface area contributed by atoms with Crippen molar-refractivity contribution in [1.82, 2.24) is 14.6 Å². The van der Waals surface area contributed by atoms with E-state index in [1.54, 1.807) is 0 Å². The van der Waals surface area contributed by atoms with Crippen molar-refractivity contribution in [3.05, 3.63) is 223 Å². The monoisotopic (exact) mass is 719 g/mol. The Labute approximate surface area is 326 Å². The number of benzene rings is 8. The lowest BCUT2D eigenvalue weighted by atomic mass is 9.99. The Kier molecular flexibility index (Phi) is 7.64. The number of aromatic nitrogens is 1. The first-order valence-electron chi connectivity index (χ1n) is 19.2. The minimum Gasteiger partial charge on any atom is -0.355 e. The smallest absolute Gasteiger partial charge is 0.150 e. The second-order valence-electron chi connectivity index (χ2n) is 14.5. The van der Waals surface area contributed by atoms with Gasteiger partial charge in [0.1, 0.15) is 18.2 Å². The molecular formula is C51H37N5. The molecule has 9 aromatic rings.